The van der Waals surface area contributed by atoms with Crippen molar-refractivity contribution in [2.24, 2.45) is 0 Å². The molecule has 2 aromatic rings. The molecule has 0 aliphatic heterocycles. The first-order valence-electron chi connectivity index (χ1n) is 6.11. The third-order valence-corrected chi connectivity index (χ3v) is 3.92. The average Bonchev–Trinajstić information content (AvgIpc) is 2.87. The maximum absolute atomic E-state index is 11.9. The lowest BCUT2D eigenvalue weighted by Gasteiger charge is -2.15. The van der Waals surface area contributed by atoms with Gasteiger partial charge in [0.25, 0.3) is 0 Å². The number of hydrogen-bond donors (Lipinski definition) is 3. The number of carbonyl (C=O) groups excluding carboxylic acids is 1. The molecule has 7 heteroatoms. The Labute approximate surface area is 130 Å². The topological polar surface area (TPSA) is 78.4 Å². The molecular weight excluding hydrogens is 312 g/mol. The second kappa shape index (κ2) is 6.60. The van der Waals surface area contributed by atoms with E-state index in [2.05, 4.69) is 10.6 Å². The number of benzene rings is 1. The zero-order valence-electron chi connectivity index (χ0n) is 11.1. The maximum Gasteiger partial charge on any atom is 0.338 e. The Balaban J connectivity index is 1.99. The predicted molar refractivity (Wildman–Crippen MR) is 83.3 cm³/mol. The first-order chi connectivity index (χ1) is 9.97. The smallest absolute Gasteiger partial charge is 0.338 e. The number of urea groups is 1. The number of thiophene rings is 1. The molecule has 1 heterocycles. The molecule has 0 radical (unpaired) electrons. The highest BCUT2D eigenvalue weighted by Crippen LogP contribution is 2.23. The van der Waals surface area contributed by atoms with E-state index in [1.54, 1.807) is 17.5 Å². The van der Waals surface area contributed by atoms with Crippen LogP contribution in [0.25, 0.3) is 0 Å². The van der Waals surface area contributed by atoms with Crippen molar-refractivity contribution in [1.29, 1.82) is 0 Å². The van der Waals surface area contributed by atoms with Crippen LogP contribution < -0.4 is 10.6 Å². The lowest BCUT2D eigenvalue weighted by atomic mass is 10.1. The van der Waals surface area contributed by atoms with E-state index in [1.165, 1.54) is 6.07 Å². The lowest BCUT2D eigenvalue weighted by Crippen LogP contribution is -2.31. The van der Waals surface area contributed by atoms with Crippen molar-refractivity contribution in [3.63, 3.8) is 0 Å². The van der Waals surface area contributed by atoms with Gasteiger partial charge in [-0.25, -0.2) is 9.59 Å². The first-order valence-corrected chi connectivity index (χ1v) is 7.37. The summed E-state index contributed by atoms with van der Waals surface area (Å²) in [5.74, 6) is -1.07. The molecule has 0 saturated carbocycles. The molecule has 0 fully saturated rings. The number of halogens is 1. The van der Waals surface area contributed by atoms with E-state index in [1.807, 2.05) is 19.1 Å². The van der Waals surface area contributed by atoms with Gasteiger partial charge in [0.2, 0.25) is 0 Å². The molecule has 0 spiro atoms. The van der Waals surface area contributed by atoms with Gasteiger partial charge in [-0.3, -0.25) is 5.32 Å². The van der Waals surface area contributed by atoms with Gasteiger partial charge in [0, 0.05) is 5.02 Å². The van der Waals surface area contributed by atoms with Gasteiger partial charge in [-0.15, -0.1) is 11.3 Å². The van der Waals surface area contributed by atoms with Gasteiger partial charge in [0.1, 0.15) is 5.00 Å². The van der Waals surface area contributed by atoms with Crippen LogP contribution in [-0.2, 0) is 0 Å². The second-order valence-corrected chi connectivity index (χ2v) is 5.69. The number of amides is 2. The van der Waals surface area contributed by atoms with E-state index in [-0.39, 0.29) is 11.6 Å². The fraction of sp³-hybridized carbons (Fsp3) is 0.143. The van der Waals surface area contributed by atoms with Crippen LogP contribution in [0.4, 0.5) is 9.80 Å². The van der Waals surface area contributed by atoms with Crippen molar-refractivity contribution in [2.75, 3.05) is 5.32 Å². The first kappa shape index (κ1) is 15.3. The molecule has 0 aliphatic rings. The SMILES string of the molecule is C[C@H](NC(=O)Nc1sccc1C(=O)O)c1ccc(Cl)cc1. The van der Waals surface area contributed by atoms with Gasteiger partial charge in [-0.05, 0) is 36.1 Å². The van der Waals surface area contributed by atoms with E-state index in [0.717, 1.165) is 16.9 Å². The van der Waals surface area contributed by atoms with Crippen LogP contribution in [-0.4, -0.2) is 17.1 Å². The van der Waals surface area contributed by atoms with Crippen molar-refractivity contribution in [3.8, 4) is 0 Å². The number of anilines is 1. The van der Waals surface area contributed by atoms with Crippen LogP contribution in [0.1, 0.15) is 28.9 Å². The van der Waals surface area contributed by atoms with E-state index < -0.39 is 12.0 Å². The summed E-state index contributed by atoms with van der Waals surface area (Å²) in [5, 5.41) is 16.8. The van der Waals surface area contributed by atoms with Gasteiger partial charge in [-0.1, -0.05) is 23.7 Å². The molecule has 2 amide bonds. The van der Waals surface area contributed by atoms with Gasteiger partial charge in [0.05, 0.1) is 11.6 Å². The van der Waals surface area contributed by atoms with Crippen LogP contribution in [0.5, 0.6) is 0 Å². The lowest BCUT2D eigenvalue weighted by molar-refractivity contribution is 0.0698. The second-order valence-electron chi connectivity index (χ2n) is 4.34. The number of hydrogen-bond acceptors (Lipinski definition) is 3. The summed E-state index contributed by atoms with van der Waals surface area (Å²) in [6, 6.07) is 7.90. The Bertz CT molecular complexity index is 654. The summed E-state index contributed by atoms with van der Waals surface area (Å²) in [5.41, 5.74) is 0.980. The standard InChI is InChI=1S/C14H13ClN2O3S/c1-8(9-2-4-10(15)5-3-9)16-14(20)17-12-11(13(18)19)6-7-21-12/h2-8H,1H3,(H,18,19)(H2,16,17,20)/t8-/m0/s1. The number of rotatable bonds is 4. The molecule has 110 valence electrons. The Hall–Kier alpha value is -2.05. The molecule has 1 aromatic carbocycles. The van der Waals surface area contributed by atoms with Crippen LogP contribution in [0, 0.1) is 0 Å². The molecule has 0 aliphatic carbocycles. The van der Waals surface area contributed by atoms with E-state index in [9.17, 15) is 9.59 Å². The molecule has 21 heavy (non-hydrogen) atoms. The Morgan fingerprint density at radius 1 is 1.24 bits per heavy atom. The normalized spacial score (nSPS) is 11.7. The third kappa shape index (κ3) is 3.96. The van der Waals surface area contributed by atoms with Crippen molar-refractivity contribution < 1.29 is 14.7 Å². The van der Waals surface area contributed by atoms with Gasteiger partial charge < -0.3 is 10.4 Å². The van der Waals surface area contributed by atoms with Gasteiger partial charge >= 0.3 is 12.0 Å². The number of aromatic carboxylic acids is 1. The molecule has 2 rings (SSSR count). The number of nitrogens with one attached hydrogen (secondary N) is 2. The van der Waals surface area contributed by atoms with Crippen molar-refractivity contribution >= 4 is 39.9 Å². The van der Waals surface area contributed by atoms with Crippen LogP contribution in [0.3, 0.4) is 0 Å². The highest BCUT2D eigenvalue weighted by atomic mass is 35.5. The van der Waals surface area contributed by atoms with Crippen molar-refractivity contribution in [1.82, 2.24) is 5.32 Å². The minimum absolute atomic E-state index is 0.0781. The zero-order chi connectivity index (χ0) is 15.4. The fourth-order valence-corrected chi connectivity index (χ4v) is 2.65. The monoisotopic (exact) mass is 324 g/mol. The molecule has 0 bridgehead atoms. The minimum Gasteiger partial charge on any atom is -0.478 e. The van der Waals surface area contributed by atoms with E-state index >= 15 is 0 Å². The quantitative estimate of drug-likeness (QED) is 0.796. The van der Waals surface area contributed by atoms with Crippen LogP contribution >= 0.6 is 22.9 Å². The summed E-state index contributed by atoms with van der Waals surface area (Å²) in [7, 11) is 0. The summed E-state index contributed by atoms with van der Waals surface area (Å²) < 4.78 is 0. The van der Waals surface area contributed by atoms with Crippen LogP contribution in [0.2, 0.25) is 5.02 Å². The molecule has 0 saturated heterocycles. The molecule has 3 N–H and O–H groups in total. The molecule has 1 aromatic heterocycles. The highest BCUT2D eigenvalue weighted by molar-refractivity contribution is 7.14. The summed E-state index contributed by atoms with van der Waals surface area (Å²) in [6.45, 7) is 1.83. The predicted octanol–water partition coefficient (Wildman–Crippen LogP) is 3.98. The molecule has 5 nitrogen and oxygen atoms in total. The number of carboxylic acid groups (broad SMARTS) is 1. The maximum atomic E-state index is 11.9. The molecule has 0 unspecified atom stereocenters. The Morgan fingerprint density at radius 3 is 2.52 bits per heavy atom. The zero-order valence-corrected chi connectivity index (χ0v) is 12.7. The Kier molecular flexibility index (Phi) is 4.82. The molecule has 1 atom stereocenters. The Morgan fingerprint density at radius 2 is 1.90 bits per heavy atom. The summed E-state index contributed by atoms with van der Waals surface area (Å²) in [4.78, 5) is 22.9. The number of carbonyl (C=O) groups is 2. The minimum atomic E-state index is -1.07. The van der Waals surface area contributed by atoms with Crippen LogP contribution in [0.15, 0.2) is 35.7 Å². The number of carboxylic acids is 1. The van der Waals surface area contributed by atoms with Gasteiger partial charge in [0.15, 0.2) is 0 Å². The highest BCUT2D eigenvalue weighted by Gasteiger charge is 2.15. The van der Waals surface area contributed by atoms with Crippen molar-refractivity contribution in [2.45, 2.75) is 13.0 Å². The fourth-order valence-electron chi connectivity index (χ4n) is 1.75. The summed E-state index contributed by atoms with van der Waals surface area (Å²) in [6.07, 6.45) is 0. The van der Waals surface area contributed by atoms with E-state index in [4.69, 9.17) is 16.7 Å². The average molecular weight is 325 g/mol. The van der Waals surface area contributed by atoms with Gasteiger partial charge in [-0.2, -0.15) is 0 Å². The third-order valence-electron chi connectivity index (χ3n) is 2.84. The van der Waals surface area contributed by atoms with Crippen molar-refractivity contribution in [3.05, 3.63) is 51.9 Å². The molecular formula is C14H13ClN2O3S. The summed E-state index contributed by atoms with van der Waals surface area (Å²) >= 11 is 6.97. The van der Waals surface area contributed by atoms with E-state index in [0.29, 0.717) is 10.0 Å². The largest absolute Gasteiger partial charge is 0.478 e.